The molecule has 3 rings (SSSR count). The summed E-state index contributed by atoms with van der Waals surface area (Å²) < 4.78 is 1.67. The van der Waals surface area contributed by atoms with Crippen molar-refractivity contribution >= 4 is 28.1 Å². The highest BCUT2D eigenvalue weighted by Crippen LogP contribution is 2.26. The molecular weight excluding hydrogens is 288 g/mol. The normalized spacial score (nSPS) is 18.3. The summed E-state index contributed by atoms with van der Waals surface area (Å²) in [6.45, 7) is 8.01. The highest BCUT2D eigenvalue weighted by atomic mass is 32.1. The van der Waals surface area contributed by atoms with Gasteiger partial charge in [-0.05, 0) is 13.3 Å². The lowest BCUT2D eigenvalue weighted by molar-refractivity contribution is 0.0690. The van der Waals surface area contributed by atoms with Crippen molar-refractivity contribution in [3.05, 3.63) is 17.3 Å². The van der Waals surface area contributed by atoms with Crippen molar-refractivity contribution in [2.45, 2.75) is 26.3 Å². The average molecular weight is 308 g/mol. The van der Waals surface area contributed by atoms with Gasteiger partial charge in [0, 0.05) is 43.8 Å². The molecule has 0 spiro atoms. The number of thiazole rings is 1. The first-order valence-corrected chi connectivity index (χ1v) is 8.17. The highest BCUT2D eigenvalue weighted by Gasteiger charge is 2.27. The molecule has 2 aromatic heterocycles. The standard InChI is InChI=1S/C14H20N4O2S/c1-3-10(2)16-4-6-17(7-5-16)12-11(13(19)20)18-8-9-21-14(18)15-12/h8-10H,3-7H2,1-2H3,(H,19,20). The minimum absolute atomic E-state index is 0.281. The molecule has 1 N–H and O–H groups in total. The summed E-state index contributed by atoms with van der Waals surface area (Å²) in [5, 5.41) is 11.3. The molecule has 114 valence electrons. The van der Waals surface area contributed by atoms with Crippen molar-refractivity contribution < 1.29 is 9.90 Å². The number of imidazole rings is 1. The van der Waals surface area contributed by atoms with E-state index in [9.17, 15) is 9.90 Å². The van der Waals surface area contributed by atoms with E-state index in [1.54, 1.807) is 10.6 Å². The second-order valence-corrected chi connectivity index (χ2v) is 6.30. The van der Waals surface area contributed by atoms with Crippen molar-refractivity contribution in [2.75, 3.05) is 31.1 Å². The quantitative estimate of drug-likeness (QED) is 0.936. The predicted octanol–water partition coefficient (Wildman–Crippen LogP) is 2.01. The van der Waals surface area contributed by atoms with Crippen LogP contribution in [0.15, 0.2) is 11.6 Å². The fraction of sp³-hybridized carbons (Fsp3) is 0.571. The average Bonchev–Trinajstić information content (AvgIpc) is 3.06. The first kappa shape index (κ1) is 14.3. The van der Waals surface area contributed by atoms with Crippen LogP contribution in [0.4, 0.5) is 5.82 Å². The Labute approximate surface area is 127 Å². The number of carboxylic acid groups (broad SMARTS) is 1. The second-order valence-electron chi connectivity index (χ2n) is 5.43. The van der Waals surface area contributed by atoms with Crippen molar-refractivity contribution in [2.24, 2.45) is 0 Å². The molecule has 0 radical (unpaired) electrons. The smallest absolute Gasteiger partial charge is 0.356 e. The van der Waals surface area contributed by atoms with E-state index >= 15 is 0 Å². The minimum Gasteiger partial charge on any atom is -0.476 e. The van der Waals surface area contributed by atoms with Crippen LogP contribution in [0.25, 0.3) is 4.96 Å². The maximum Gasteiger partial charge on any atom is 0.356 e. The van der Waals surface area contributed by atoms with Crippen molar-refractivity contribution in [1.82, 2.24) is 14.3 Å². The van der Waals surface area contributed by atoms with Gasteiger partial charge < -0.3 is 10.0 Å². The van der Waals surface area contributed by atoms with E-state index in [0.29, 0.717) is 11.9 Å². The molecule has 1 saturated heterocycles. The molecule has 3 heterocycles. The number of aromatic nitrogens is 2. The van der Waals surface area contributed by atoms with Gasteiger partial charge in [0.1, 0.15) is 0 Å². The van der Waals surface area contributed by atoms with E-state index in [-0.39, 0.29) is 5.69 Å². The fourth-order valence-corrected chi connectivity index (χ4v) is 3.54. The number of fused-ring (bicyclic) bond motifs is 1. The van der Waals surface area contributed by atoms with Crippen molar-refractivity contribution in [1.29, 1.82) is 0 Å². The van der Waals surface area contributed by atoms with E-state index in [2.05, 4.69) is 28.6 Å². The Bertz CT molecular complexity index is 642. The van der Waals surface area contributed by atoms with Crippen LogP contribution in [0.1, 0.15) is 30.8 Å². The minimum atomic E-state index is -0.916. The zero-order valence-electron chi connectivity index (χ0n) is 12.3. The number of aromatic carboxylic acids is 1. The van der Waals surface area contributed by atoms with Crippen LogP contribution in [-0.4, -0.2) is 57.6 Å². The Morgan fingerprint density at radius 3 is 2.76 bits per heavy atom. The molecular formula is C14H20N4O2S. The topological polar surface area (TPSA) is 61.1 Å². The van der Waals surface area contributed by atoms with Crippen LogP contribution in [0, 0.1) is 0 Å². The molecule has 0 bridgehead atoms. The number of carbonyl (C=O) groups is 1. The van der Waals surface area contributed by atoms with Gasteiger partial charge in [-0.1, -0.05) is 6.92 Å². The van der Waals surface area contributed by atoms with Gasteiger partial charge in [-0.25, -0.2) is 9.78 Å². The molecule has 0 aromatic carbocycles. The Morgan fingerprint density at radius 2 is 2.14 bits per heavy atom. The van der Waals surface area contributed by atoms with Crippen LogP contribution in [0.2, 0.25) is 0 Å². The SMILES string of the molecule is CCC(C)N1CCN(c2nc3sccn3c2C(=O)O)CC1. The molecule has 7 heteroatoms. The number of carboxylic acids is 1. The van der Waals surface area contributed by atoms with Crippen molar-refractivity contribution in [3.8, 4) is 0 Å². The molecule has 0 amide bonds. The highest BCUT2D eigenvalue weighted by molar-refractivity contribution is 7.15. The Kier molecular flexibility index (Phi) is 3.86. The summed E-state index contributed by atoms with van der Waals surface area (Å²) in [6, 6.07) is 0.580. The molecule has 2 aromatic rings. The van der Waals surface area contributed by atoms with E-state index in [4.69, 9.17) is 0 Å². The fourth-order valence-electron chi connectivity index (χ4n) is 2.83. The van der Waals surface area contributed by atoms with Gasteiger partial charge in [0.05, 0.1) is 0 Å². The predicted molar refractivity (Wildman–Crippen MR) is 83.6 cm³/mol. The Morgan fingerprint density at radius 1 is 1.43 bits per heavy atom. The Balaban J connectivity index is 1.84. The van der Waals surface area contributed by atoms with Crippen LogP contribution >= 0.6 is 11.3 Å². The maximum absolute atomic E-state index is 11.6. The third-order valence-corrected chi connectivity index (χ3v) is 5.03. The maximum atomic E-state index is 11.6. The van der Waals surface area contributed by atoms with E-state index in [1.807, 2.05) is 5.38 Å². The first-order chi connectivity index (χ1) is 10.1. The van der Waals surface area contributed by atoms with Gasteiger partial charge in [-0.3, -0.25) is 9.30 Å². The number of hydrogen-bond donors (Lipinski definition) is 1. The van der Waals surface area contributed by atoms with Crippen LogP contribution in [-0.2, 0) is 0 Å². The summed E-state index contributed by atoms with van der Waals surface area (Å²) in [7, 11) is 0. The van der Waals surface area contributed by atoms with Gasteiger partial charge in [-0.2, -0.15) is 0 Å². The second kappa shape index (κ2) is 5.65. The number of piperazine rings is 1. The molecule has 0 saturated carbocycles. The number of anilines is 1. The Hall–Kier alpha value is -1.60. The largest absolute Gasteiger partial charge is 0.476 e. The summed E-state index contributed by atoms with van der Waals surface area (Å²) in [5.74, 6) is -0.307. The molecule has 1 fully saturated rings. The molecule has 1 aliphatic rings. The van der Waals surface area contributed by atoms with Crippen molar-refractivity contribution in [3.63, 3.8) is 0 Å². The molecule has 21 heavy (non-hydrogen) atoms. The third-order valence-electron chi connectivity index (χ3n) is 4.27. The molecule has 0 aliphatic carbocycles. The number of hydrogen-bond acceptors (Lipinski definition) is 5. The van der Waals surface area contributed by atoms with Gasteiger partial charge in [-0.15, -0.1) is 11.3 Å². The van der Waals surface area contributed by atoms with Crippen LogP contribution in [0.3, 0.4) is 0 Å². The lowest BCUT2D eigenvalue weighted by Crippen LogP contribution is -2.49. The summed E-state index contributed by atoms with van der Waals surface area (Å²) in [5.41, 5.74) is 0.281. The lowest BCUT2D eigenvalue weighted by Gasteiger charge is -2.38. The zero-order valence-corrected chi connectivity index (χ0v) is 13.1. The van der Waals surface area contributed by atoms with Crippen LogP contribution in [0.5, 0.6) is 0 Å². The van der Waals surface area contributed by atoms with Gasteiger partial charge >= 0.3 is 5.97 Å². The first-order valence-electron chi connectivity index (χ1n) is 7.29. The molecule has 1 unspecified atom stereocenters. The van der Waals surface area contributed by atoms with E-state index in [0.717, 1.165) is 37.6 Å². The van der Waals surface area contributed by atoms with Crippen LogP contribution < -0.4 is 4.90 Å². The summed E-state index contributed by atoms with van der Waals surface area (Å²) in [4.78, 5) is 21.4. The van der Waals surface area contributed by atoms with Gasteiger partial charge in [0.15, 0.2) is 16.5 Å². The summed E-state index contributed by atoms with van der Waals surface area (Å²) >= 11 is 1.46. The zero-order chi connectivity index (χ0) is 15.0. The van der Waals surface area contributed by atoms with E-state index < -0.39 is 5.97 Å². The molecule has 6 nitrogen and oxygen atoms in total. The van der Waals surface area contributed by atoms with E-state index in [1.165, 1.54) is 11.3 Å². The summed E-state index contributed by atoms with van der Waals surface area (Å²) in [6.07, 6.45) is 2.91. The van der Waals surface area contributed by atoms with Gasteiger partial charge in [0.2, 0.25) is 0 Å². The monoisotopic (exact) mass is 308 g/mol. The number of nitrogens with zero attached hydrogens (tertiary/aromatic N) is 4. The lowest BCUT2D eigenvalue weighted by atomic mass is 10.2. The molecule has 1 aliphatic heterocycles. The van der Waals surface area contributed by atoms with Gasteiger partial charge in [0.25, 0.3) is 0 Å². The third kappa shape index (κ3) is 2.51. The number of rotatable bonds is 4. The molecule has 1 atom stereocenters.